The number of nitrogens with zero attached hydrogens (tertiary/aromatic N) is 1. The maximum absolute atomic E-state index is 13.3. The lowest BCUT2D eigenvalue weighted by molar-refractivity contribution is -0.195. The summed E-state index contributed by atoms with van der Waals surface area (Å²) < 4.78 is 5.75. The molecule has 2 aliphatic carbocycles. The van der Waals surface area contributed by atoms with Crippen LogP contribution in [0.25, 0.3) is 0 Å². The fourth-order valence-corrected chi connectivity index (χ4v) is 5.72. The number of carbonyl (C=O) groups is 1. The van der Waals surface area contributed by atoms with E-state index < -0.39 is 5.60 Å². The first-order valence-electron chi connectivity index (χ1n) is 11.5. The fourth-order valence-electron chi connectivity index (χ4n) is 5.72. The van der Waals surface area contributed by atoms with Gasteiger partial charge in [0, 0.05) is 12.5 Å². The monoisotopic (exact) mass is 381 g/mol. The average Bonchev–Trinajstić information content (AvgIpc) is 2.68. The summed E-state index contributed by atoms with van der Waals surface area (Å²) in [5.41, 5.74) is -1.32. The third-order valence-electron chi connectivity index (χ3n) is 7.75. The second kappa shape index (κ2) is 10.2. The van der Waals surface area contributed by atoms with Crippen molar-refractivity contribution in [2.24, 2.45) is 29.6 Å². The summed E-state index contributed by atoms with van der Waals surface area (Å²) in [5, 5.41) is 12.0. The number of hydrogen-bond donors (Lipinski definition) is 1. The molecule has 0 radical (unpaired) electrons. The molecule has 2 saturated carbocycles. The van der Waals surface area contributed by atoms with Gasteiger partial charge >= 0.3 is 5.97 Å². The predicted octanol–water partition coefficient (Wildman–Crippen LogP) is 4.50. The highest BCUT2D eigenvalue weighted by Gasteiger charge is 2.56. The van der Waals surface area contributed by atoms with Crippen molar-refractivity contribution in [2.75, 3.05) is 26.2 Å². The van der Waals surface area contributed by atoms with E-state index in [2.05, 4.69) is 39.5 Å². The summed E-state index contributed by atoms with van der Waals surface area (Å²) >= 11 is 0. The van der Waals surface area contributed by atoms with Crippen LogP contribution in [0.1, 0.15) is 79.6 Å². The van der Waals surface area contributed by atoms with Gasteiger partial charge in [-0.2, -0.15) is 0 Å². The highest BCUT2D eigenvalue weighted by Crippen LogP contribution is 2.49. The molecule has 5 atom stereocenters. The largest absolute Gasteiger partial charge is 0.462 e. The number of aliphatic hydroxyl groups is 1. The van der Waals surface area contributed by atoms with Gasteiger partial charge < -0.3 is 14.7 Å². The van der Waals surface area contributed by atoms with Crippen LogP contribution in [0.3, 0.4) is 0 Å². The summed E-state index contributed by atoms with van der Waals surface area (Å²) in [5.74, 6) is 0.955. The molecule has 4 heteroatoms. The van der Waals surface area contributed by atoms with Crippen LogP contribution in [0.5, 0.6) is 0 Å². The first-order chi connectivity index (χ1) is 12.9. The van der Waals surface area contributed by atoms with Gasteiger partial charge in [-0.15, -0.1) is 0 Å². The molecule has 2 rings (SSSR count). The van der Waals surface area contributed by atoms with Crippen molar-refractivity contribution in [1.29, 1.82) is 0 Å². The van der Waals surface area contributed by atoms with Gasteiger partial charge in [0.05, 0.1) is 0 Å². The minimum atomic E-state index is -1.32. The van der Waals surface area contributed by atoms with E-state index in [0.717, 1.165) is 51.7 Å². The van der Waals surface area contributed by atoms with Crippen molar-refractivity contribution in [3.63, 3.8) is 0 Å². The zero-order chi connectivity index (χ0) is 20.0. The molecule has 4 nitrogen and oxygen atoms in total. The summed E-state index contributed by atoms with van der Waals surface area (Å²) in [6, 6.07) is 0. The molecule has 2 fully saturated rings. The van der Waals surface area contributed by atoms with Crippen molar-refractivity contribution < 1.29 is 14.6 Å². The summed E-state index contributed by atoms with van der Waals surface area (Å²) in [7, 11) is 0. The molecule has 0 aromatic heterocycles. The van der Waals surface area contributed by atoms with Gasteiger partial charge in [0.25, 0.3) is 0 Å². The second-order valence-corrected chi connectivity index (χ2v) is 9.24. The molecular weight excluding hydrogens is 338 g/mol. The van der Waals surface area contributed by atoms with Crippen LogP contribution in [-0.4, -0.2) is 47.8 Å². The Balaban J connectivity index is 2.20. The van der Waals surface area contributed by atoms with E-state index in [1.807, 2.05) is 0 Å². The molecule has 0 amide bonds. The molecule has 5 unspecified atom stereocenters. The standard InChI is InChI=1S/C23H43NO3/c1-6-24(7-2)15-16-27-22(25)23(26,20-11-9-8-10-12-20)21-18(4)14-13-17(3)19(21)5/h17-21,26H,6-16H2,1-5H3. The van der Waals surface area contributed by atoms with Crippen LogP contribution in [-0.2, 0) is 9.53 Å². The molecular formula is C23H43NO3. The van der Waals surface area contributed by atoms with Crippen molar-refractivity contribution in [2.45, 2.75) is 85.2 Å². The Morgan fingerprint density at radius 3 is 2.19 bits per heavy atom. The van der Waals surface area contributed by atoms with Crippen molar-refractivity contribution in [3.05, 3.63) is 0 Å². The molecule has 158 valence electrons. The summed E-state index contributed by atoms with van der Waals surface area (Å²) in [6.45, 7) is 14.0. The molecule has 1 N–H and O–H groups in total. The minimum absolute atomic E-state index is 0.00491. The number of likely N-dealkylation sites (N-methyl/N-ethyl adjacent to an activating group) is 1. The Kier molecular flexibility index (Phi) is 8.61. The van der Waals surface area contributed by atoms with E-state index in [-0.39, 0.29) is 17.8 Å². The number of hydrogen-bond acceptors (Lipinski definition) is 4. The lowest BCUT2D eigenvalue weighted by Crippen LogP contribution is -2.59. The molecule has 0 heterocycles. The van der Waals surface area contributed by atoms with Gasteiger partial charge in [0.1, 0.15) is 6.61 Å². The smallest absolute Gasteiger partial charge is 0.338 e. The van der Waals surface area contributed by atoms with Gasteiger partial charge in [0.15, 0.2) is 5.60 Å². The van der Waals surface area contributed by atoms with E-state index in [4.69, 9.17) is 4.74 Å². The highest BCUT2D eigenvalue weighted by atomic mass is 16.5. The van der Waals surface area contributed by atoms with Crippen LogP contribution in [0.4, 0.5) is 0 Å². The van der Waals surface area contributed by atoms with Crippen LogP contribution in [0, 0.1) is 29.6 Å². The normalized spacial score (nSPS) is 32.3. The maximum atomic E-state index is 13.3. The van der Waals surface area contributed by atoms with Crippen molar-refractivity contribution in [3.8, 4) is 0 Å². The zero-order valence-corrected chi connectivity index (χ0v) is 18.4. The third kappa shape index (κ3) is 5.06. The molecule has 0 aromatic carbocycles. The lowest BCUT2D eigenvalue weighted by Gasteiger charge is -2.50. The molecule has 0 bridgehead atoms. The Bertz CT molecular complexity index is 459. The van der Waals surface area contributed by atoms with Crippen LogP contribution in [0.15, 0.2) is 0 Å². The molecule has 0 saturated heterocycles. The van der Waals surface area contributed by atoms with Crippen LogP contribution in [0.2, 0.25) is 0 Å². The van der Waals surface area contributed by atoms with Gasteiger partial charge in [0.2, 0.25) is 0 Å². The SMILES string of the molecule is CCN(CC)CCOC(=O)C(O)(C1CCCCC1)C1C(C)CCC(C)C1C. The van der Waals surface area contributed by atoms with E-state index in [1.165, 1.54) is 12.8 Å². The highest BCUT2D eigenvalue weighted by molar-refractivity contribution is 5.80. The van der Waals surface area contributed by atoms with Crippen molar-refractivity contribution >= 4 is 5.97 Å². The second-order valence-electron chi connectivity index (χ2n) is 9.24. The Morgan fingerprint density at radius 1 is 1.00 bits per heavy atom. The minimum Gasteiger partial charge on any atom is -0.462 e. The van der Waals surface area contributed by atoms with Gasteiger partial charge in [-0.3, -0.25) is 0 Å². The van der Waals surface area contributed by atoms with Crippen LogP contribution < -0.4 is 0 Å². The lowest BCUT2D eigenvalue weighted by atomic mass is 9.57. The van der Waals surface area contributed by atoms with Gasteiger partial charge in [-0.1, -0.05) is 66.7 Å². The zero-order valence-electron chi connectivity index (χ0n) is 18.4. The Labute approximate surface area is 167 Å². The predicted molar refractivity (Wildman–Crippen MR) is 110 cm³/mol. The molecule has 2 aliphatic rings. The first-order valence-corrected chi connectivity index (χ1v) is 11.5. The molecule has 27 heavy (non-hydrogen) atoms. The van der Waals surface area contributed by atoms with Gasteiger partial charge in [-0.05, 0) is 49.6 Å². The summed E-state index contributed by atoms with van der Waals surface area (Å²) in [4.78, 5) is 15.6. The van der Waals surface area contributed by atoms with E-state index in [1.54, 1.807) is 0 Å². The van der Waals surface area contributed by atoms with E-state index >= 15 is 0 Å². The maximum Gasteiger partial charge on any atom is 0.338 e. The number of rotatable bonds is 8. The first kappa shape index (κ1) is 22.7. The van der Waals surface area contributed by atoms with Gasteiger partial charge in [-0.25, -0.2) is 4.79 Å². The summed E-state index contributed by atoms with van der Waals surface area (Å²) in [6.07, 6.45) is 7.64. The average molecular weight is 382 g/mol. The Morgan fingerprint density at radius 2 is 1.59 bits per heavy atom. The van der Waals surface area contributed by atoms with Crippen molar-refractivity contribution in [1.82, 2.24) is 4.90 Å². The van der Waals surface area contributed by atoms with E-state index in [9.17, 15) is 9.90 Å². The fraction of sp³-hybridized carbons (Fsp3) is 0.957. The topological polar surface area (TPSA) is 49.8 Å². The molecule has 0 aliphatic heterocycles. The number of esters is 1. The number of carbonyl (C=O) groups excluding carboxylic acids is 1. The quantitative estimate of drug-likeness (QED) is 0.629. The Hall–Kier alpha value is -0.610. The number of ether oxygens (including phenoxy) is 1. The third-order valence-corrected chi connectivity index (χ3v) is 7.75. The van der Waals surface area contributed by atoms with Crippen LogP contribution >= 0.6 is 0 Å². The molecule has 0 aromatic rings. The van der Waals surface area contributed by atoms with E-state index in [0.29, 0.717) is 24.4 Å². The molecule has 0 spiro atoms.